The van der Waals surface area contributed by atoms with Crippen LogP contribution in [0.5, 0.6) is 11.5 Å². The number of nitrogens with zero attached hydrogens (tertiary/aromatic N) is 3. The first-order valence-electron chi connectivity index (χ1n) is 11.4. The molecule has 1 heterocycles. The number of aliphatic imine (C=N–C) groups is 1. The maximum absolute atomic E-state index is 6.32. The van der Waals surface area contributed by atoms with E-state index in [1.807, 2.05) is 23.9 Å². The zero-order chi connectivity index (χ0) is 22.2. The molecule has 0 aliphatic heterocycles. The Morgan fingerprint density at radius 2 is 1.88 bits per heavy atom. The summed E-state index contributed by atoms with van der Waals surface area (Å²) in [7, 11) is 5.50. The monoisotopic (exact) mass is 555 g/mol. The highest BCUT2D eigenvalue weighted by molar-refractivity contribution is 14.0. The fraction of sp³-hybridized carbons (Fsp3) is 0.583. The average molecular weight is 556 g/mol. The molecule has 1 saturated carbocycles. The van der Waals surface area contributed by atoms with Crippen molar-refractivity contribution in [3.05, 3.63) is 40.7 Å². The third-order valence-corrected chi connectivity index (χ3v) is 6.00. The number of halogens is 1. The summed E-state index contributed by atoms with van der Waals surface area (Å²) in [5.74, 6) is 2.47. The summed E-state index contributed by atoms with van der Waals surface area (Å²) >= 11 is 0. The van der Waals surface area contributed by atoms with Crippen molar-refractivity contribution < 1.29 is 9.47 Å². The molecule has 0 amide bonds. The van der Waals surface area contributed by atoms with Gasteiger partial charge in [0.05, 0.1) is 18.9 Å². The van der Waals surface area contributed by atoms with E-state index < -0.39 is 0 Å². The standard InChI is InChI=1S/C24H37N5O2.HI/c1-6-21-20(22(7-2)29(4)28-21)16-27-24(25-3)26-15-17-12-13-19(30-5)14-23(17)31-18-10-8-9-11-18;/h12-14,18H,6-11,15-16H2,1-5H3,(H2,25,26,27);1H. The summed E-state index contributed by atoms with van der Waals surface area (Å²) in [4.78, 5) is 4.40. The molecule has 1 fully saturated rings. The molecule has 1 aromatic carbocycles. The molecule has 0 spiro atoms. The molecule has 1 aliphatic rings. The van der Waals surface area contributed by atoms with Gasteiger partial charge in [0.15, 0.2) is 5.96 Å². The van der Waals surface area contributed by atoms with Gasteiger partial charge in [-0.25, -0.2) is 0 Å². The molecule has 0 radical (unpaired) electrons. The van der Waals surface area contributed by atoms with Crippen LogP contribution in [0, 0.1) is 0 Å². The molecule has 0 unspecified atom stereocenters. The van der Waals surface area contributed by atoms with E-state index in [0.717, 1.165) is 54.4 Å². The van der Waals surface area contributed by atoms with E-state index in [1.165, 1.54) is 24.1 Å². The van der Waals surface area contributed by atoms with Crippen LogP contribution in [0.2, 0.25) is 0 Å². The number of aryl methyl sites for hydroxylation is 2. The van der Waals surface area contributed by atoms with Gasteiger partial charge in [0.25, 0.3) is 0 Å². The van der Waals surface area contributed by atoms with Crippen molar-refractivity contribution in [1.29, 1.82) is 0 Å². The van der Waals surface area contributed by atoms with Crippen LogP contribution in [-0.4, -0.2) is 36.0 Å². The Bertz CT molecular complexity index is 891. The Morgan fingerprint density at radius 3 is 2.50 bits per heavy atom. The van der Waals surface area contributed by atoms with Crippen LogP contribution in [0.1, 0.15) is 62.0 Å². The van der Waals surface area contributed by atoms with Gasteiger partial charge in [-0.2, -0.15) is 5.10 Å². The predicted octanol–water partition coefficient (Wildman–Crippen LogP) is 4.36. The van der Waals surface area contributed by atoms with Crippen molar-refractivity contribution in [3.63, 3.8) is 0 Å². The second-order valence-corrected chi connectivity index (χ2v) is 7.98. The van der Waals surface area contributed by atoms with Gasteiger partial charge < -0.3 is 20.1 Å². The topological polar surface area (TPSA) is 72.7 Å². The molecular formula is C24H38IN5O2. The number of benzene rings is 1. The number of nitrogens with one attached hydrogen (secondary N) is 2. The van der Waals surface area contributed by atoms with Crippen molar-refractivity contribution in [2.45, 2.75) is 71.6 Å². The summed E-state index contributed by atoms with van der Waals surface area (Å²) < 4.78 is 13.7. The minimum Gasteiger partial charge on any atom is -0.497 e. The number of rotatable bonds is 9. The van der Waals surface area contributed by atoms with Crippen molar-refractivity contribution in [2.24, 2.45) is 12.0 Å². The maximum atomic E-state index is 6.32. The Hall–Kier alpha value is -1.97. The molecule has 3 rings (SSSR count). The van der Waals surface area contributed by atoms with Gasteiger partial charge in [0.1, 0.15) is 11.5 Å². The Morgan fingerprint density at radius 1 is 1.16 bits per heavy atom. The lowest BCUT2D eigenvalue weighted by molar-refractivity contribution is 0.207. The minimum absolute atomic E-state index is 0. The number of hydrogen-bond donors (Lipinski definition) is 2. The quantitative estimate of drug-likeness (QED) is 0.274. The molecule has 8 heteroatoms. The molecule has 0 atom stereocenters. The first-order chi connectivity index (χ1) is 15.1. The summed E-state index contributed by atoms with van der Waals surface area (Å²) in [6.07, 6.45) is 6.91. The van der Waals surface area contributed by atoms with Crippen molar-refractivity contribution in [2.75, 3.05) is 14.2 Å². The lowest BCUT2D eigenvalue weighted by Gasteiger charge is -2.19. The maximum Gasteiger partial charge on any atom is 0.191 e. The van der Waals surface area contributed by atoms with E-state index in [4.69, 9.17) is 9.47 Å². The Balaban J connectivity index is 0.00000363. The third-order valence-electron chi connectivity index (χ3n) is 6.00. The van der Waals surface area contributed by atoms with E-state index in [2.05, 4.69) is 40.6 Å². The van der Waals surface area contributed by atoms with Crippen LogP contribution in [0.3, 0.4) is 0 Å². The highest BCUT2D eigenvalue weighted by Crippen LogP contribution is 2.30. The van der Waals surface area contributed by atoms with E-state index >= 15 is 0 Å². The van der Waals surface area contributed by atoms with Crippen molar-refractivity contribution in [1.82, 2.24) is 20.4 Å². The SMILES string of the molecule is CCc1nn(C)c(CC)c1CNC(=NC)NCc1ccc(OC)cc1OC1CCCC1.I. The lowest BCUT2D eigenvalue weighted by atomic mass is 10.1. The summed E-state index contributed by atoms with van der Waals surface area (Å²) in [6.45, 7) is 5.64. The number of aromatic nitrogens is 2. The van der Waals surface area contributed by atoms with Crippen LogP contribution in [0.4, 0.5) is 0 Å². The molecule has 2 N–H and O–H groups in total. The van der Waals surface area contributed by atoms with E-state index in [9.17, 15) is 0 Å². The van der Waals surface area contributed by atoms with Crippen molar-refractivity contribution in [3.8, 4) is 11.5 Å². The molecule has 32 heavy (non-hydrogen) atoms. The highest BCUT2D eigenvalue weighted by Gasteiger charge is 2.19. The molecule has 1 aromatic heterocycles. The van der Waals surface area contributed by atoms with Gasteiger partial charge in [0, 0.05) is 50.1 Å². The third kappa shape index (κ3) is 6.52. The first kappa shape index (κ1) is 26.3. The zero-order valence-electron chi connectivity index (χ0n) is 20.0. The first-order valence-corrected chi connectivity index (χ1v) is 11.4. The molecule has 2 aromatic rings. The number of ether oxygens (including phenoxy) is 2. The molecule has 178 valence electrons. The number of hydrogen-bond acceptors (Lipinski definition) is 4. The summed E-state index contributed by atoms with van der Waals surface area (Å²) in [5, 5.41) is 11.5. The fourth-order valence-corrected chi connectivity index (χ4v) is 4.27. The van der Waals surface area contributed by atoms with Crippen molar-refractivity contribution >= 4 is 29.9 Å². The molecule has 1 aliphatic carbocycles. The van der Waals surface area contributed by atoms with Gasteiger partial charge in [-0.3, -0.25) is 9.67 Å². The normalized spacial score (nSPS) is 14.2. The van der Waals surface area contributed by atoms with Gasteiger partial charge in [-0.15, -0.1) is 24.0 Å². The molecule has 7 nitrogen and oxygen atoms in total. The average Bonchev–Trinajstić information content (AvgIpc) is 3.41. The Labute approximate surface area is 209 Å². The predicted molar refractivity (Wildman–Crippen MR) is 140 cm³/mol. The molecule has 0 saturated heterocycles. The zero-order valence-corrected chi connectivity index (χ0v) is 22.4. The smallest absolute Gasteiger partial charge is 0.191 e. The van der Waals surface area contributed by atoms with Crippen LogP contribution >= 0.6 is 24.0 Å². The van der Waals surface area contributed by atoms with E-state index in [1.54, 1.807) is 14.2 Å². The molecule has 0 bridgehead atoms. The van der Waals surface area contributed by atoms with Crippen LogP contribution in [0.25, 0.3) is 0 Å². The summed E-state index contributed by atoms with van der Waals surface area (Å²) in [6, 6.07) is 6.03. The van der Waals surface area contributed by atoms with Gasteiger partial charge in [0.2, 0.25) is 0 Å². The van der Waals surface area contributed by atoms with Crippen LogP contribution < -0.4 is 20.1 Å². The fourth-order valence-electron chi connectivity index (χ4n) is 4.27. The van der Waals surface area contributed by atoms with Gasteiger partial charge in [-0.1, -0.05) is 13.8 Å². The van der Waals surface area contributed by atoms with Crippen LogP contribution in [0.15, 0.2) is 23.2 Å². The van der Waals surface area contributed by atoms with Gasteiger partial charge >= 0.3 is 0 Å². The lowest BCUT2D eigenvalue weighted by Crippen LogP contribution is -2.36. The largest absolute Gasteiger partial charge is 0.497 e. The van der Waals surface area contributed by atoms with E-state index in [-0.39, 0.29) is 24.0 Å². The molecular weight excluding hydrogens is 517 g/mol. The summed E-state index contributed by atoms with van der Waals surface area (Å²) in [5.41, 5.74) is 4.78. The number of guanidine groups is 1. The highest BCUT2D eigenvalue weighted by atomic mass is 127. The minimum atomic E-state index is 0. The second kappa shape index (κ2) is 12.9. The number of methoxy groups -OCH3 is 1. The van der Waals surface area contributed by atoms with Crippen LogP contribution in [-0.2, 0) is 33.0 Å². The van der Waals surface area contributed by atoms with Gasteiger partial charge in [-0.05, 0) is 50.7 Å². The van der Waals surface area contributed by atoms with E-state index in [0.29, 0.717) is 19.2 Å². The Kier molecular flexibility index (Phi) is 10.6. The second-order valence-electron chi connectivity index (χ2n) is 7.98.